The van der Waals surface area contributed by atoms with E-state index in [4.69, 9.17) is 14.0 Å². The van der Waals surface area contributed by atoms with Crippen molar-refractivity contribution in [3.05, 3.63) is 51.9 Å². The van der Waals surface area contributed by atoms with Crippen molar-refractivity contribution >= 4 is 16.6 Å². The highest BCUT2D eigenvalue weighted by atomic mass is 16.5. The second kappa shape index (κ2) is 8.78. The molecule has 0 saturated carbocycles. The lowest BCUT2D eigenvalue weighted by Crippen LogP contribution is -2.46. The number of hydrogen-bond donors (Lipinski definition) is 0. The summed E-state index contributed by atoms with van der Waals surface area (Å²) >= 11 is 0. The molecule has 2 aliphatic heterocycles. The molecular weight excluding hydrogens is 398 g/mol. The van der Waals surface area contributed by atoms with Crippen molar-refractivity contribution in [3.8, 4) is 0 Å². The van der Waals surface area contributed by atoms with Crippen LogP contribution in [-0.2, 0) is 35.6 Å². The van der Waals surface area contributed by atoms with Gasteiger partial charge in [0.1, 0.15) is 11.5 Å². The van der Waals surface area contributed by atoms with Crippen LogP contribution in [0.2, 0.25) is 0 Å². The van der Waals surface area contributed by atoms with Gasteiger partial charge in [-0.25, -0.2) is 4.98 Å². The lowest BCUT2D eigenvalue weighted by atomic mass is 10.1. The molecule has 4 heterocycles. The van der Waals surface area contributed by atoms with Crippen LogP contribution in [0.25, 0.3) is 10.9 Å². The van der Waals surface area contributed by atoms with Crippen LogP contribution in [0.3, 0.4) is 0 Å². The third kappa shape index (κ3) is 4.08. The number of methoxy groups -OCH3 is 1. The van der Waals surface area contributed by atoms with E-state index in [9.17, 15) is 4.79 Å². The Balaban J connectivity index is 1.25. The number of anilines is 1. The lowest BCUT2D eigenvalue weighted by Gasteiger charge is -2.36. The minimum atomic E-state index is -0.0293. The fourth-order valence-electron chi connectivity index (χ4n) is 4.27. The second-order valence-electron chi connectivity index (χ2n) is 8.03. The first-order chi connectivity index (χ1) is 15.2. The van der Waals surface area contributed by atoms with Crippen molar-refractivity contribution in [1.29, 1.82) is 0 Å². The van der Waals surface area contributed by atoms with E-state index >= 15 is 0 Å². The van der Waals surface area contributed by atoms with Crippen molar-refractivity contribution in [1.82, 2.24) is 19.6 Å². The molecule has 0 bridgehead atoms. The summed E-state index contributed by atoms with van der Waals surface area (Å²) in [6.07, 6.45) is 2.41. The average molecular weight is 425 g/mol. The lowest BCUT2D eigenvalue weighted by molar-refractivity contribution is 0.102. The predicted molar refractivity (Wildman–Crippen MR) is 115 cm³/mol. The van der Waals surface area contributed by atoms with E-state index in [0.717, 1.165) is 67.4 Å². The topological polar surface area (TPSA) is 85.9 Å². The van der Waals surface area contributed by atoms with Crippen molar-refractivity contribution in [2.45, 2.75) is 26.1 Å². The van der Waals surface area contributed by atoms with Gasteiger partial charge in [0.25, 0.3) is 5.56 Å². The Bertz CT molecular complexity index is 1120. The molecule has 0 spiro atoms. The maximum atomic E-state index is 12.6. The molecule has 9 heteroatoms. The van der Waals surface area contributed by atoms with Gasteiger partial charge >= 0.3 is 0 Å². The summed E-state index contributed by atoms with van der Waals surface area (Å²) < 4.78 is 17.7. The van der Waals surface area contributed by atoms with Crippen LogP contribution >= 0.6 is 0 Å². The largest absolute Gasteiger partial charge is 0.383 e. The summed E-state index contributed by atoms with van der Waals surface area (Å²) in [4.78, 5) is 21.9. The van der Waals surface area contributed by atoms with Gasteiger partial charge in [-0.2, -0.15) is 0 Å². The first-order valence-corrected chi connectivity index (χ1v) is 10.7. The van der Waals surface area contributed by atoms with Gasteiger partial charge in [0.2, 0.25) is 0 Å². The van der Waals surface area contributed by atoms with Crippen LogP contribution in [0.15, 0.2) is 33.8 Å². The maximum Gasteiger partial charge on any atom is 0.261 e. The standard InChI is InChI=1S/C22H27N5O4/c1-29-11-9-27-15-23-19-12-16(2-3-17(19)22(27)28)26-7-5-25(6-8-26)13-20-18-14-30-10-4-21(18)31-24-20/h2-3,12,15H,4-11,13-14H2,1H3. The van der Waals surface area contributed by atoms with E-state index in [1.54, 1.807) is 18.0 Å². The summed E-state index contributed by atoms with van der Waals surface area (Å²) in [6, 6.07) is 5.92. The van der Waals surface area contributed by atoms with E-state index in [2.05, 4.69) is 19.9 Å². The monoisotopic (exact) mass is 425 g/mol. The Morgan fingerprint density at radius 2 is 2.06 bits per heavy atom. The normalized spacial score (nSPS) is 17.3. The molecule has 31 heavy (non-hydrogen) atoms. The van der Waals surface area contributed by atoms with Crippen molar-refractivity contribution < 1.29 is 14.0 Å². The minimum Gasteiger partial charge on any atom is -0.383 e. The molecular formula is C22H27N5O4. The van der Waals surface area contributed by atoms with Crippen LogP contribution in [0, 0.1) is 0 Å². The molecule has 164 valence electrons. The Morgan fingerprint density at radius 1 is 1.19 bits per heavy atom. The molecule has 5 rings (SSSR count). The number of nitrogens with zero attached hydrogens (tertiary/aromatic N) is 5. The number of hydrogen-bond acceptors (Lipinski definition) is 8. The van der Waals surface area contributed by atoms with Gasteiger partial charge in [-0.15, -0.1) is 0 Å². The average Bonchev–Trinajstić information content (AvgIpc) is 3.22. The summed E-state index contributed by atoms with van der Waals surface area (Å²) in [7, 11) is 1.62. The van der Waals surface area contributed by atoms with Gasteiger partial charge in [-0.05, 0) is 18.2 Å². The molecule has 3 aromatic rings. The Kier molecular flexibility index (Phi) is 5.71. The SMILES string of the molecule is COCCn1cnc2cc(N3CCN(Cc4noc5c4COCC5)CC3)ccc2c1=O. The smallest absolute Gasteiger partial charge is 0.261 e. The molecule has 2 aromatic heterocycles. The molecule has 0 atom stereocenters. The molecule has 0 amide bonds. The molecule has 0 aliphatic carbocycles. The van der Waals surface area contributed by atoms with E-state index in [0.29, 0.717) is 31.8 Å². The minimum absolute atomic E-state index is 0.0293. The van der Waals surface area contributed by atoms with Crippen molar-refractivity contribution in [2.24, 2.45) is 0 Å². The zero-order valence-corrected chi connectivity index (χ0v) is 17.7. The molecule has 1 saturated heterocycles. The zero-order valence-electron chi connectivity index (χ0n) is 17.7. The summed E-state index contributed by atoms with van der Waals surface area (Å²) in [5.74, 6) is 0.977. The highest BCUT2D eigenvalue weighted by molar-refractivity contribution is 5.81. The van der Waals surface area contributed by atoms with Crippen molar-refractivity contribution in [2.75, 3.05) is 51.4 Å². The molecule has 1 aromatic carbocycles. The Morgan fingerprint density at radius 3 is 2.90 bits per heavy atom. The van der Waals surface area contributed by atoms with E-state index in [-0.39, 0.29) is 5.56 Å². The third-order valence-electron chi connectivity index (χ3n) is 6.13. The van der Waals surface area contributed by atoms with Gasteiger partial charge in [0.05, 0.1) is 43.6 Å². The van der Waals surface area contributed by atoms with E-state index in [1.165, 1.54) is 0 Å². The van der Waals surface area contributed by atoms with Crippen molar-refractivity contribution in [3.63, 3.8) is 0 Å². The number of rotatable bonds is 6. The quantitative estimate of drug-likeness (QED) is 0.586. The number of fused-ring (bicyclic) bond motifs is 2. The van der Waals surface area contributed by atoms with Gasteiger partial charge < -0.3 is 18.9 Å². The summed E-state index contributed by atoms with van der Waals surface area (Å²) in [5, 5.41) is 4.92. The Hall–Kier alpha value is -2.75. The first-order valence-electron chi connectivity index (χ1n) is 10.7. The fourth-order valence-corrected chi connectivity index (χ4v) is 4.27. The molecule has 1 fully saturated rings. The van der Waals surface area contributed by atoms with Gasteiger partial charge in [0.15, 0.2) is 0 Å². The van der Waals surface area contributed by atoms with Crippen LogP contribution in [-0.4, -0.2) is 66.1 Å². The van der Waals surface area contributed by atoms with Gasteiger partial charge in [-0.1, -0.05) is 5.16 Å². The van der Waals surface area contributed by atoms with Crippen LogP contribution in [0.1, 0.15) is 17.0 Å². The zero-order chi connectivity index (χ0) is 21.2. The van der Waals surface area contributed by atoms with Gasteiger partial charge in [-0.3, -0.25) is 14.3 Å². The molecule has 0 radical (unpaired) electrons. The number of piperazine rings is 1. The summed E-state index contributed by atoms with van der Waals surface area (Å²) in [6.45, 7) is 6.78. The fraction of sp³-hybridized carbons (Fsp3) is 0.500. The van der Waals surface area contributed by atoms with E-state index in [1.807, 2.05) is 18.2 Å². The van der Waals surface area contributed by atoms with Gasteiger partial charge in [0, 0.05) is 57.5 Å². The predicted octanol–water partition coefficient (Wildman–Crippen LogP) is 1.43. The Labute approximate surface area is 180 Å². The summed E-state index contributed by atoms with van der Waals surface area (Å²) in [5.41, 5.74) is 3.93. The third-order valence-corrected chi connectivity index (χ3v) is 6.13. The second-order valence-corrected chi connectivity index (χ2v) is 8.03. The molecule has 0 unspecified atom stereocenters. The van der Waals surface area contributed by atoms with Crippen LogP contribution in [0.4, 0.5) is 5.69 Å². The van der Waals surface area contributed by atoms with E-state index < -0.39 is 0 Å². The highest BCUT2D eigenvalue weighted by Gasteiger charge is 2.24. The maximum absolute atomic E-state index is 12.6. The number of benzene rings is 1. The highest BCUT2D eigenvalue weighted by Crippen LogP contribution is 2.24. The number of aromatic nitrogens is 3. The first kappa shape index (κ1) is 20.2. The molecule has 9 nitrogen and oxygen atoms in total. The molecule has 2 aliphatic rings. The van der Waals surface area contributed by atoms with Crippen LogP contribution in [0.5, 0.6) is 0 Å². The molecule has 0 N–H and O–H groups in total. The number of ether oxygens (including phenoxy) is 2. The van der Waals surface area contributed by atoms with Crippen LogP contribution < -0.4 is 10.5 Å².